The molecule has 1 aliphatic carbocycles. The van der Waals surface area contributed by atoms with E-state index in [9.17, 15) is 19.8 Å². The maximum Gasteiger partial charge on any atom is 0.348 e. The molecule has 204 valence electrons. The molecule has 0 fully saturated rings. The van der Waals surface area contributed by atoms with Gasteiger partial charge in [0.15, 0.2) is 11.5 Å². The molecule has 0 radical (unpaired) electrons. The van der Waals surface area contributed by atoms with E-state index in [1.54, 1.807) is 60.7 Å². The van der Waals surface area contributed by atoms with Gasteiger partial charge < -0.3 is 19.7 Å². The first-order valence-electron chi connectivity index (χ1n) is 13.4. The van der Waals surface area contributed by atoms with Crippen LogP contribution in [0.1, 0.15) is 57.6 Å². The summed E-state index contributed by atoms with van der Waals surface area (Å²) in [6, 6.07) is 17.4. The zero-order chi connectivity index (χ0) is 28.2. The van der Waals surface area contributed by atoms with Gasteiger partial charge in [-0.3, -0.25) is 0 Å². The Morgan fingerprint density at radius 1 is 1.03 bits per heavy atom. The van der Waals surface area contributed by atoms with Gasteiger partial charge in [0.2, 0.25) is 0 Å². The zero-order valence-electron chi connectivity index (χ0n) is 22.7. The number of cyclic esters (lactones) is 1. The summed E-state index contributed by atoms with van der Waals surface area (Å²) in [6.45, 7) is 10.2. The fourth-order valence-corrected chi connectivity index (χ4v) is 4.87. The largest absolute Gasteiger partial charge is 0.504 e. The topological polar surface area (TPSA) is 93.1 Å². The highest BCUT2D eigenvalue weighted by atomic mass is 16.6. The van der Waals surface area contributed by atoms with E-state index in [-0.39, 0.29) is 22.8 Å². The number of benzene rings is 2. The van der Waals surface area contributed by atoms with Gasteiger partial charge in [-0.05, 0) is 48.3 Å². The minimum absolute atomic E-state index is 0.00990. The van der Waals surface area contributed by atoms with Crippen molar-refractivity contribution in [3.05, 3.63) is 108 Å². The van der Waals surface area contributed by atoms with Crippen molar-refractivity contribution in [2.24, 2.45) is 11.3 Å². The lowest BCUT2D eigenvalue weighted by Crippen LogP contribution is -2.33. The first kappa shape index (κ1) is 28.1. The van der Waals surface area contributed by atoms with Crippen LogP contribution in [0.4, 0.5) is 0 Å². The van der Waals surface area contributed by atoms with Crippen molar-refractivity contribution in [3.63, 3.8) is 0 Å². The van der Waals surface area contributed by atoms with Gasteiger partial charge in [0.25, 0.3) is 0 Å². The lowest BCUT2D eigenvalue weighted by Gasteiger charge is -2.32. The third kappa shape index (κ3) is 6.40. The number of hydrogen-bond acceptors (Lipinski definition) is 6. The van der Waals surface area contributed by atoms with Crippen LogP contribution in [0, 0.1) is 11.3 Å². The highest BCUT2D eigenvalue weighted by molar-refractivity contribution is 6.25. The van der Waals surface area contributed by atoms with Crippen molar-refractivity contribution in [2.45, 2.75) is 58.7 Å². The Morgan fingerprint density at radius 2 is 1.67 bits per heavy atom. The molecule has 0 saturated heterocycles. The Kier molecular flexibility index (Phi) is 8.56. The number of esters is 2. The summed E-state index contributed by atoms with van der Waals surface area (Å²) in [5.74, 6) is -1.86. The van der Waals surface area contributed by atoms with E-state index < -0.39 is 35.3 Å². The van der Waals surface area contributed by atoms with Gasteiger partial charge in [-0.1, -0.05) is 100 Å². The number of aliphatic hydroxyl groups excluding tert-OH is 2. The van der Waals surface area contributed by atoms with E-state index in [0.29, 0.717) is 36.0 Å². The summed E-state index contributed by atoms with van der Waals surface area (Å²) < 4.78 is 11.7. The molecule has 6 nitrogen and oxygen atoms in total. The predicted octanol–water partition coefficient (Wildman–Crippen LogP) is 6.55. The van der Waals surface area contributed by atoms with Crippen molar-refractivity contribution < 1.29 is 29.3 Å². The zero-order valence-corrected chi connectivity index (χ0v) is 22.7. The second-order valence-electron chi connectivity index (χ2n) is 10.9. The van der Waals surface area contributed by atoms with Gasteiger partial charge in [-0.2, -0.15) is 0 Å². The number of hydrogen-bond donors (Lipinski definition) is 2. The van der Waals surface area contributed by atoms with Crippen molar-refractivity contribution in [1.82, 2.24) is 0 Å². The van der Waals surface area contributed by atoms with Gasteiger partial charge in [0.1, 0.15) is 17.3 Å². The van der Waals surface area contributed by atoms with Crippen LogP contribution in [0.2, 0.25) is 0 Å². The number of aliphatic hydroxyl groups is 2. The fourth-order valence-electron chi connectivity index (χ4n) is 4.87. The van der Waals surface area contributed by atoms with Gasteiger partial charge >= 0.3 is 11.9 Å². The molecule has 0 amide bonds. The third-order valence-electron chi connectivity index (χ3n) is 7.43. The minimum atomic E-state index is -0.743. The lowest BCUT2D eigenvalue weighted by molar-refractivity contribution is -0.146. The average molecular weight is 529 g/mol. The van der Waals surface area contributed by atoms with Crippen molar-refractivity contribution in [1.29, 1.82) is 0 Å². The second kappa shape index (κ2) is 11.9. The standard InChI is InChI=1S/C33H36O6/c1-21-15-17-25(34)22(2)16-18-26(33(3,4)20-19-21)38-32(37)28(24-13-9-6-10-14-24)30-29(35)27(31(36)39-30)23-11-7-5-8-12-23/h5-14,19-21,25-26,34-35H,2,15-18H2,1,3-4H3/b20-19+,30-28+/t21-,25?,26+/m0/s1. The van der Waals surface area contributed by atoms with Gasteiger partial charge in [0.05, 0.1) is 6.10 Å². The molecule has 0 bridgehead atoms. The maximum absolute atomic E-state index is 13.9. The molecular weight excluding hydrogens is 492 g/mol. The van der Waals surface area contributed by atoms with Gasteiger partial charge in [0, 0.05) is 5.41 Å². The second-order valence-corrected chi connectivity index (χ2v) is 10.9. The summed E-state index contributed by atoms with van der Waals surface area (Å²) in [5, 5.41) is 21.7. The fraction of sp³-hybridized carbons (Fsp3) is 0.333. The average Bonchev–Trinajstić information content (AvgIpc) is 3.21. The molecule has 0 spiro atoms. The highest BCUT2D eigenvalue weighted by Gasteiger charge is 2.38. The maximum atomic E-state index is 13.9. The molecule has 2 N–H and O–H groups in total. The molecule has 1 aliphatic heterocycles. The van der Waals surface area contributed by atoms with E-state index >= 15 is 0 Å². The molecule has 6 heteroatoms. The summed E-state index contributed by atoms with van der Waals surface area (Å²) in [5.41, 5.74) is 1.06. The first-order chi connectivity index (χ1) is 18.6. The van der Waals surface area contributed by atoms with Gasteiger partial charge in [-0.15, -0.1) is 0 Å². The number of ether oxygens (including phenoxy) is 2. The molecule has 0 saturated carbocycles. The number of carbonyl (C=O) groups excluding carboxylic acids is 2. The molecule has 2 aromatic rings. The van der Waals surface area contributed by atoms with E-state index in [0.717, 1.165) is 6.42 Å². The number of rotatable bonds is 4. The van der Waals surface area contributed by atoms with Crippen LogP contribution in [-0.2, 0) is 19.1 Å². The van der Waals surface area contributed by atoms with Crippen LogP contribution in [-0.4, -0.2) is 34.4 Å². The van der Waals surface area contributed by atoms with E-state index in [1.807, 2.05) is 13.8 Å². The Labute approximate surface area is 230 Å². The summed E-state index contributed by atoms with van der Waals surface area (Å²) in [6.07, 6.45) is 5.34. The summed E-state index contributed by atoms with van der Waals surface area (Å²) >= 11 is 0. The molecule has 1 unspecified atom stereocenters. The number of carbonyl (C=O) groups is 2. The van der Waals surface area contributed by atoms with Crippen LogP contribution in [0.25, 0.3) is 11.1 Å². The molecule has 3 atom stereocenters. The summed E-state index contributed by atoms with van der Waals surface area (Å²) in [7, 11) is 0. The Hall–Kier alpha value is -3.90. The predicted molar refractivity (Wildman–Crippen MR) is 151 cm³/mol. The smallest absolute Gasteiger partial charge is 0.348 e. The molecular formula is C33H36O6. The molecule has 39 heavy (non-hydrogen) atoms. The number of allylic oxidation sites excluding steroid dienone is 1. The molecule has 1 heterocycles. The van der Waals surface area contributed by atoms with E-state index in [1.165, 1.54) is 0 Å². The quantitative estimate of drug-likeness (QED) is 0.266. The van der Waals surface area contributed by atoms with Crippen LogP contribution in [0.3, 0.4) is 0 Å². The van der Waals surface area contributed by atoms with Crippen molar-refractivity contribution in [3.8, 4) is 0 Å². The van der Waals surface area contributed by atoms with Crippen LogP contribution in [0.5, 0.6) is 0 Å². The van der Waals surface area contributed by atoms with Crippen molar-refractivity contribution >= 4 is 23.1 Å². The lowest BCUT2D eigenvalue weighted by atomic mass is 9.82. The molecule has 2 aliphatic rings. The van der Waals surface area contributed by atoms with Crippen LogP contribution in [0.15, 0.2) is 96.5 Å². The Balaban J connectivity index is 1.76. The summed E-state index contributed by atoms with van der Waals surface area (Å²) in [4.78, 5) is 26.8. The minimum Gasteiger partial charge on any atom is -0.504 e. The Morgan fingerprint density at radius 3 is 2.33 bits per heavy atom. The Bertz CT molecular complexity index is 1320. The van der Waals surface area contributed by atoms with E-state index in [4.69, 9.17) is 9.47 Å². The normalized spacial score (nSPS) is 25.9. The molecule has 4 rings (SSSR count). The van der Waals surface area contributed by atoms with E-state index in [2.05, 4.69) is 25.7 Å². The molecule has 0 aromatic heterocycles. The highest BCUT2D eigenvalue weighted by Crippen LogP contribution is 2.38. The van der Waals surface area contributed by atoms with Crippen LogP contribution < -0.4 is 0 Å². The van der Waals surface area contributed by atoms with Crippen LogP contribution >= 0.6 is 0 Å². The van der Waals surface area contributed by atoms with Gasteiger partial charge in [-0.25, -0.2) is 9.59 Å². The van der Waals surface area contributed by atoms with Crippen molar-refractivity contribution in [2.75, 3.05) is 0 Å². The third-order valence-corrected chi connectivity index (χ3v) is 7.43. The first-order valence-corrected chi connectivity index (χ1v) is 13.4. The molecule has 2 aromatic carbocycles. The SMILES string of the molecule is C=C1CC[C@@H](OC(=O)/C(=C2/OC(=O)C(c3ccccc3)=C2O)c2ccccc2)C(C)(C)/C=C/[C@@H](C)CCC1O. The monoisotopic (exact) mass is 528 g/mol.